The Kier molecular flexibility index (Phi) is 4.67. The van der Waals surface area contributed by atoms with E-state index in [9.17, 15) is 4.79 Å². The Labute approximate surface area is 102 Å². The Morgan fingerprint density at radius 2 is 2.12 bits per heavy atom. The van der Waals surface area contributed by atoms with E-state index in [1.54, 1.807) is 11.8 Å². The molecule has 1 heterocycles. The van der Waals surface area contributed by atoms with Gasteiger partial charge in [0.25, 0.3) is 0 Å². The van der Waals surface area contributed by atoms with E-state index < -0.39 is 0 Å². The van der Waals surface area contributed by atoms with Crippen LogP contribution in [0.3, 0.4) is 0 Å². The van der Waals surface area contributed by atoms with Gasteiger partial charge in [-0.2, -0.15) is 5.26 Å². The van der Waals surface area contributed by atoms with Gasteiger partial charge in [0, 0.05) is 19.0 Å². The second-order valence-corrected chi connectivity index (χ2v) is 5.63. The maximum absolute atomic E-state index is 12.0. The molecule has 1 saturated heterocycles. The van der Waals surface area contributed by atoms with Gasteiger partial charge in [0.15, 0.2) is 0 Å². The molecule has 0 aromatic carbocycles. The van der Waals surface area contributed by atoms with Gasteiger partial charge in [0.2, 0.25) is 5.91 Å². The quantitative estimate of drug-likeness (QED) is 0.760. The summed E-state index contributed by atoms with van der Waals surface area (Å²) in [5, 5.41) is 9.15. The Hall–Kier alpha value is -0.690. The molecule has 0 saturated carbocycles. The van der Waals surface area contributed by atoms with E-state index in [4.69, 9.17) is 5.26 Å². The van der Waals surface area contributed by atoms with Crippen molar-refractivity contribution in [2.75, 3.05) is 19.3 Å². The number of nitrogens with zero attached hydrogens (tertiary/aromatic N) is 2. The minimum atomic E-state index is -0.258. The molecule has 1 aliphatic rings. The molecule has 4 heteroatoms. The van der Waals surface area contributed by atoms with Gasteiger partial charge >= 0.3 is 0 Å². The summed E-state index contributed by atoms with van der Waals surface area (Å²) in [6.45, 7) is 5.48. The van der Waals surface area contributed by atoms with Crippen LogP contribution in [0, 0.1) is 17.2 Å². The molecule has 16 heavy (non-hydrogen) atoms. The fourth-order valence-electron chi connectivity index (χ4n) is 1.94. The third-order valence-corrected chi connectivity index (χ3v) is 4.79. The van der Waals surface area contributed by atoms with Crippen molar-refractivity contribution in [3.05, 3.63) is 0 Å². The minimum Gasteiger partial charge on any atom is -0.342 e. The Morgan fingerprint density at radius 1 is 1.56 bits per heavy atom. The predicted octanol–water partition coefficient (Wildman–Crippen LogP) is 2.28. The van der Waals surface area contributed by atoms with Crippen LogP contribution in [0.2, 0.25) is 0 Å². The largest absolute Gasteiger partial charge is 0.342 e. The molecule has 1 atom stereocenters. The lowest BCUT2D eigenvalue weighted by atomic mass is 9.96. The van der Waals surface area contributed by atoms with Crippen molar-refractivity contribution in [3.63, 3.8) is 0 Å². The molecule has 1 unspecified atom stereocenters. The van der Waals surface area contributed by atoms with Crippen LogP contribution in [0.1, 0.15) is 33.1 Å². The number of amides is 1. The average molecular weight is 240 g/mol. The van der Waals surface area contributed by atoms with Crippen LogP contribution in [0.15, 0.2) is 0 Å². The first-order valence-corrected chi connectivity index (χ1v) is 7.06. The van der Waals surface area contributed by atoms with E-state index in [-0.39, 0.29) is 16.6 Å². The molecule has 90 valence electrons. The number of hydrogen-bond acceptors (Lipinski definition) is 3. The maximum atomic E-state index is 12.0. The van der Waals surface area contributed by atoms with Crippen LogP contribution in [0.25, 0.3) is 0 Å². The van der Waals surface area contributed by atoms with Crippen LogP contribution in [-0.2, 0) is 4.79 Å². The molecular formula is C12H20N2OS. The number of likely N-dealkylation sites (tertiary alicyclic amines) is 1. The van der Waals surface area contributed by atoms with Gasteiger partial charge < -0.3 is 4.90 Å². The Balaban J connectivity index is 2.56. The van der Waals surface area contributed by atoms with Gasteiger partial charge in [-0.25, -0.2) is 0 Å². The second-order valence-electron chi connectivity index (χ2n) is 4.44. The minimum absolute atomic E-state index is 0.115. The smallest absolute Gasteiger partial charge is 0.225 e. The van der Waals surface area contributed by atoms with Crippen molar-refractivity contribution in [2.45, 2.75) is 37.9 Å². The van der Waals surface area contributed by atoms with Crippen LogP contribution in [0.5, 0.6) is 0 Å². The van der Waals surface area contributed by atoms with Gasteiger partial charge in [-0.1, -0.05) is 13.8 Å². The highest BCUT2D eigenvalue weighted by Crippen LogP contribution is 2.34. The second kappa shape index (κ2) is 5.58. The number of nitriles is 1. The fraction of sp³-hybridized carbons (Fsp3) is 0.833. The summed E-state index contributed by atoms with van der Waals surface area (Å²) in [7, 11) is 0. The molecule has 1 fully saturated rings. The SMILES string of the molecule is CCC(C)C(=O)N1CCC(C#N)(SC)CC1. The number of hydrogen-bond donors (Lipinski definition) is 0. The summed E-state index contributed by atoms with van der Waals surface area (Å²) in [4.78, 5) is 13.9. The summed E-state index contributed by atoms with van der Waals surface area (Å²) >= 11 is 1.62. The third-order valence-electron chi connectivity index (χ3n) is 3.51. The van der Waals surface area contributed by atoms with Crippen molar-refractivity contribution < 1.29 is 4.79 Å². The van der Waals surface area contributed by atoms with E-state index in [0.29, 0.717) is 0 Å². The molecule has 0 radical (unpaired) electrons. The first-order chi connectivity index (χ1) is 7.58. The van der Waals surface area contributed by atoms with E-state index in [1.165, 1.54) is 0 Å². The van der Waals surface area contributed by atoms with Crippen molar-refractivity contribution in [1.82, 2.24) is 4.90 Å². The van der Waals surface area contributed by atoms with Crippen molar-refractivity contribution in [3.8, 4) is 6.07 Å². The zero-order valence-electron chi connectivity index (χ0n) is 10.3. The lowest BCUT2D eigenvalue weighted by Crippen LogP contribution is -2.46. The number of rotatable bonds is 3. The molecule has 1 rings (SSSR count). The monoisotopic (exact) mass is 240 g/mol. The Bertz CT molecular complexity index is 290. The number of carbonyl (C=O) groups excluding carboxylic acids is 1. The van der Waals surface area contributed by atoms with Crippen LogP contribution in [0.4, 0.5) is 0 Å². The first kappa shape index (κ1) is 13.4. The van der Waals surface area contributed by atoms with Gasteiger partial charge in [0.05, 0.1) is 6.07 Å². The molecule has 0 bridgehead atoms. The summed E-state index contributed by atoms with van der Waals surface area (Å²) in [5.74, 6) is 0.360. The van der Waals surface area contributed by atoms with E-state index in [1.807, 2.05) is 25.0 Å². The molecule has 0 aliphatic carbocycles. The Morgan fingerprint density at radius 3 is 2.50 bits per heavy atom. The highest BCUT2D eigenvalue weighted by molar-refractivity contribution is 8.00. The molecule has 0 N–H and O–H groups in total. The standard InChI is InChI=1S/C12H20N2OS/c1-4-10(2)11(15)14-7-5-12(9-13,16-3)6-8-14/h10H,4-8H2,1-3H3. The maximum Gasteiger partial charge on any atom is 0.225 e. The summed E-state index contributed by atoms with van der Waals surface area (Å²) in [5.41, 5.74) is 0. The highest BCUT2D eigenvalue weighted by atomic mass is 32.2. The predicted molar refractivity (Wildman–Crippen MR) is 67.1 cm³/mol. The van der Waals surface area contributed by atoms with Gasteiger partial charge in [0.1, 0.15) is 4.75 Å². The number of piperidine rings is 1. The summed E-state index contributed by atoms with van der Waals surface area (Å²) < 4.78 is -0.258. The normalized spacial score (nSPS) is 21.2. The number of carbonyl (C=O) groups is 1. The van der Waals surface area contributed by atoms with Gasteiger partial charge in [-0.15, -0.1) is 11.8 Å². The zero-order chi connectivity index (χ0) is 12.2. The molecule has 1 amide bonds. The molecule has 3 nitrogen and oxygen atoms in total. The van der Waals surface area contributed by atoms with Crippen LogP contribution >= 0.6 is 11.8 Å². The van der Waals surface area contributed by atoms with Crippen molar-refractivity contribution in [2.24, 2.45) is 5.92 Å². The zero-order valence-corrected chi connectivity index (χ0v) is 11.1. The van der Waals surface area contributed by atoms with Gasteiger partial charge in [-0.05, 0) is 25.5 Å². The molecule has 0 aromatic heterocycles. The van der Waals surface area contributed by atoms with Crippen LogP contribution in [-0.4, -0.2) is 34.9 Å². The lowest BCUT2D eigenvalue weighted by Gasteiger charge is -2.37. The molecule has 1 aliphatic heterocycles. The summed E-state index contributed by atoms with van der Waals surface area (Å²) in [6.07, 6.45) is 4.47. The van der Waals surface area contributed by atoms with Crippen LogP contribution < -0.4 is 0 Å². The summed E-state index contributed by atoms with van der Waals surface area (Å²) in [6, 6.07) is 2.39. The topological polar surface area (TPSA) is 44.1 Å². The highest BCUT2D eigenvalue weighted by Gasteiger charge is 2.35. The molecule has 0 aromatic rings. The van der Waals surface area contributed by atoms with E-state index >= 15 is 0 Å². The molecular weight excluding hydrogens is 220 g/mol. The molecule has 0 spiro atoms. The fourth-order valence-corrected chi connectivity index (χ4v) is 2.62. The van der Waals surface area contributed by atoms with Gasteiger partial charge in [-0.3, -0.25) is 4.79 Å². The van der Waals surface area contributed by atoms with E-state index in [0.717, 1.165) is 32.4 Å². The first-order valence-electron chi connectivity index (χ1n) is 5.83. The lowest BCUT2D eigenvalue weighted by molar-refractivity contribution is -0.136. The van der Waals surface area contributed by atoms with E-state index in [2.05, 4.69) is 6.07 Å². The van der Waals surface area contributed by atoms with Crippen molar-refractivity contribution >= 4 is 17.7 Å². The van der Waals surface area contributed by atoms with Crippen molar-refractivity contribution in [1.29, 1.82) is 5.26 Å². The number of thioether (sulfide) groups is 1. The average Bonchev–Trinajstić information content (AvgIpc) is 2.37. The third kappa shape index (κ3) is 2.70.